The second-order valence-electron chi connectivity index (χ2n) is 13.1. The van der Waals surface area contributed by atoms with Gasteiger partial charge in [0.05, 0.1) is 22.2 Å². The Morgan fingerprint density at radius 3 is 2.45 bits per heavy atom. The molecule has 8 nitrogen and oxygen atoms in total. The molecule has 0 spiro atoms. The molecule has 0 atom stereocenters. The van der Waals surface area contributed by atoms with Crippen LogP contribution in [0.2, 0.25) is 25.7 Å². The molecule has 0 aliphatic carbocycles. The van der Waals surface area contributed by atoms with Crippen molar-refractivity contribution in [1.82, 2.24) is 19.8 Å². The molecule has 10 heteroatoms. The van der Waals surface area contributed by atoms with E-state index in [9.17, 15) is 4.79 Å². The summed E-state index contributed by atoms with van der Waals surface area (Å²) in [6.45, 7) is 20.2. The van der Waals surface area contributed by atoms with Gasteiger partial charge in [-0.05, 0) is 90.2 Å². The van der Waals surface area contributed by atoms with Crippen LogP contribution in [0.5, 0.6) is 0 Å². The molecule has 2 saturated heterocycles. The van der Waals surface area contributed by atoms with Crippen LogP contribution in [0.1, 0.15) is 64.0 Å². The van der Waals surface area contributed by atoms with Gasteiger partial charge in [0.15, 0.2) is 0 Å². The number of aromatic nitrogens is 2. The number of nitrogens with zero attached hydrogens (tertiary/aromatic N) is 3. The second-order valence-corrected chi connectivity index (χ2v) is 18.7. The molecule has 0 bridgehead atoms. The molecule has 2 aromatic rings. The van der Waals surface area contributed by atoms with Crippen molar-refractivity contribution in [1.29, 1.82) is 0 Å². The van der Waals surface area contributed by atoms with Crippen LogP contribution in [0.3, 0.4) is 0 Å². The number of piperidine rings is 1. The maximum Gasteiger partial charge on any atom is 0.494 e. The van der Waals surface area contributed by atoms with Crippen molar-refractivity contribution in [3.8, 4) is 0 Å². The molecule has 2 fully saturated rings. The normalized spacial score (nSPS) is 19.8. The summed E-state index contributed by atoms with van der Waals surface area (Å²) < 4.78 is 20.5. The van der Waals surface area contributed by atoms with Crippen molar-refractivity contribution in [3.63, 3.8) is 0 Å². The van der Waals surface area contributed by atoms with E-state index in [0.29, 0.717) is 25.7 Å². The van der Waals surface area contributed by atoms with Gasteiger partial charge in [-0.2, -0.15) is 0 Å². The van der Waals surface area contributed by atoms with Gasteiger partial charge in [0.25, 0.3) is 5.91 Å². The zero-order valence-electron chi connectivity index (χ0n) is 24.6. The number of rotatable bonds is 11. The van der Waals surface area contributed by atoms with Crippen LogP contribution in [0.4, 0.5) is 0 Å². The molecule has 1 N–H and O–H groups in total. The van der Waals surface area contributed by atoms with E-state index in [-0.39, 0.29) is 5.91 Å². The van der Waals surface area contributed by atoms with E-state index < -0.39 is 26.4 Å². The zero-order valence-corrected chi connectivity index (χ0v) is 25.6. The predicted octanol–water partition coefficient (Wildman–Crippen LogP) is 4.25. The van der Waals surface area contributed by atoms with Crippen molar-refractivity contribution >= 4 is 37.6 Å². The Kier molecular flexibility index (Phi) is 9.09. The Balaban J connectivity index is 1.49. The highest BCUT2D eigenvalue weighted by atomic mass is 28.3. The summed E-state index contributed by atoms with van der Waals surface area (Å²) in [4.78, 5) is 20.5. The molecule has 2 aliphatic rings. The van der Waals surface area contributed by atoms with Crippen molar-refractivity contribution in [2.24, 2.45) is 0 Å². The van der Waals surface area contributed by atoms with E-state index in [2.05, 4.69) is 29.9 Å². The van der Waals surface area contributed by atoms with Crippen LogP contribution in [-0.4, -0.2) is 79.5 Å². The first-order chi connectivity index (χ1) is 17.9. The molecule has 0 unspecified atom stereocenters. The predicted molar refractivity (Wildman–Crippen MR) is 157 cm³/mol. The van der Waals surface area contributed by atoms with E-state index in [1.54, 1.807) is 0 Å². The van der Waals surface area contributed by atoms with Gasteiger partial charge in [0, 0.05) is 21.2 Å². The zero-order chi connectivity index (χ0) is 27.6. The minimum absolute atomic E-state index is 0.161. The molecule has 2 aliphatic heterocycles. The van der Waals surface area contributed by atoms with Crippen molar-refractivity contribution in [2.45, 2.75) is 97.0 Å². The van der Waals surface area contributed by atoms with Gasteiger partial charge >= 0.3 is 7.12 Å². The van der Waals surface area contributed by atoms with Crippen LogP contribution in [0.25, 0.3) is 11.0 Å². The number of hydrogen-bond acceptors (Lipinski definition) is 6. The maximum absolute atomic E-state index is 13.3. The lowest BCUT2D eigenvalue weighted by Gasteiger charge is -2.32. The molecular weight excluding hydrogens is 495 g/mol. The Morgan fingerprint density at radius 1 is 1.11 bits per heavy atom. The molecular formula is C28H47BN4O4Si. The van der Waals surface area contributed by atoms with Crippen molar-refractivity contribution in [2.75, 3.05) is 32.8 Å². The third kappa shape index (κ3) is 7.07. The number of benzene rings is 1. The number of carbonyl (C=O) groups is 1. The van der Waals surface area contributed by atoms with Crippen LogP contribution in [0, 0.1) is 0 Å². The molecule has 4 rings (SSSR count). The number of ether oxygens (including phenoxy) is 1. The van der Waals surface area contributed by atoms with Gasteiger partial charge in [-0.1, -0.05) is 32.1 Å². The summed E-state index contributed by atoms with van der Waals surface area (Å²) in [6, 6.07) is 7.05. The Hall–Kier alpha value is -1.72. The lowest BCUT2D eigenvalue weighted by molar-refractivity contribution is 0.00578. The van der Waals surface area contributed by atoms with Gasteiger partial charge in [0.1, 0.15) is 6.73 Å². The molecule has 3 heterocycles. The fraction of sp³-hybridized carbons (Fsp3) is 0.714. The quantitative estimate of drug-likeness (QED) is 0.338. The summed E-state index contributed by atoms with van der Waals surface area (Å²) in [7, 11) is -1.69. The van der Waals surface area contributed by atoms with Gasteiger partial charge in [-0.15, -0.1) is 0 Å². The van der Waals surface area contributed by atoms with Crippen molar-refractivity contribution < 1.29 is 18.8 Å². The number of imidazole rings is 1. The highest BCUT2D eigenvalue weighted by Gasteiger charge is 2.51. The Morgan fingerprint density at radius 2 is 1.79 bits per heavy atom. The average Bonchev–Trinajstić information content (AvgIpc) is 3.32. The Labute approximate surface area is 229 Å². The molecule has 0 radical (unpaired) electrons. The summed E-state index contributed by atoms with van der Waals surface area (Å²) in [5.41, 5.74) is 1.67. The SMILES string of the molecule is CC1(C)OB(c2ccc3c(c2)nc(C(=O)NCCCN2CCCCC2)n3COCC[Si](C)(C)C)OC1(C)C. The number of fused-ring (bicyclic) bond motifs is 1. The van der Waals surface area contributed by atoms with Gasteiger partial charge < -0.3 is 24.3 Å². The fourth-order valence-corrected chi connectivity index (χ4v) is 5.63. The van der Waals surface area contributed by atoms with Crippen LogP contribution in [0.15, 0.2) is 18.2 Å². The monoisotopic (exact) mass is 542 g/mol. The third-order valence-corrected chi connectivity index (χ3v) is 9.81. The first kappa shape index (κ1) is 29.3. The third-order valence-electron chi connectivity index (χ3n) is 8.10. The van der Waals surface area contributed by atoms with E-state index in [1.165, 1.54) is 32.4 Å². The first-order valence-corrected chi connectivity index (χ1v) is 18.0. The Bertz CT molecular complexity index is 1090. The van der Waals surface area contributed by atoms with Gasteiger partial charge in [-0.3, -0.25) is 9.36 Å². The lowest BCUT2D eigenvalue weighted by Crippen LogP contribution is -2.41. The van der Waals surface area contributed by atoms with E-state index in [4.69, 9.17) is 19.0 Å². The maximum atomic E-state index is 13.3. The minimum atomic E-state index is -1.21. The number of likely N-dealkylation sites (tertiary alicyclic amines) is 1. The fourth-order valence-electron chi connectivity index (χ4n) is 4.88. The van der Waals surface area contributed by atoms with Crippen LogP contribution >= 0.6 is 0 Å². The highest BCUT2D eigenvalue weighted by molar-refractivity contribution is 6.76. The molecule has 210 valence electrons. The molecule has 1 amide bonds. The summed E-state index contributed by atoms with van der Waals surface area (Å²) in [5.74, 6) is 0.225. The second kappa shape index (κ2) is 11.8. The van der Waals surface area contributed by atoms with E-state index in [0.717, 1.165) is 35.5 Å². The smallest absolute Gasteiger partial charge is 0.399 e. The van der Waals surface area contributed by atoms with E-state index >= 15 is 0 Å². The van der Waals surface area contributed by atoms with Gasteiger partial charge in [0.2, 0.25) is 5.82 Å². The lowest BCUT2D eigenvalue weighted by atomic mass is 9.79. The minimum Gasteiger partial charge on any atom is -0.399 e. The van der Waals surface area contributed by atoms with Gasteiger partial charge in [-0.25, -0.2) is 4.98 Å². The molecule has 0 saturated carbocycles. The number of nitrogens with one attached hydrogen (secondary N) is 1. The summed E-state index contributed by atoms with van der Waals surface area (Å²) in [5, 5.41) is 3.10. The standard InChI is InChI=1S/C28H47BN4O4Si/c1-27(2)28(3,4)37-29(36-27)22-12-13-24-23(20-22)31-25(33(24)21-35-18-19-38(5,6)7)26(34)30-14-11-17-32-15-9-8-10-16-32/h12-13,20H,8-11,14-19,21H2,1-7H3,(H,30,34). The first-order valence-electron chi connectivity index (χ1n) is 14.3. The molecule has 1 aromatic carbocycles. The van der Waals surface area contributed by atoms with Crippen molar-refractivity contribution in [3.05, 3.63) is 24.0 Å². The molecule has 1 aromatic heterocycles. The highest BCUT2D eigenvalue weighted by Crippen LogP contribution is 2.36. The molecule has 38 heavy (non-hydrogen) atoms. The average molecular weight is 543 g/mol. The number of carbonyl (C=O) groups excluding carboxylic acids is 1. The van der Waals surface area contributed by atoms with Crippen LogP contribution in [-0.2, 0) is 20.8 Å². The largest absolute Gasteiger partial charge is 0.494 e. The van der Waals surface area contributed by atoms with Crippen LogP contribution < -0.4 is 10.8 Å². The topological polar surface area (TPSA) is 77.9 Å². The summed E-state index contributed by atoms with van der Waals surface area (Å²) >= 11 is 0. The number of hydrogen-bond donors (Lipinski definition) is 1. The van der Waals surface area contributed by atoms with E-state index in [1.807, 2.05) is 50.5 Å². The number of amides is 1. The summed E-state index contributed by atoms with van der Waals surface area (Å²) in [6.07, 6.45) is 4.83.